The third-order valence-corrected chi connectivity index (χ3v) is 4.34. The predicted molar refractivity (Wildman–Crippen MR) is 112 cm³/mol. The monoisotopic (exact) mass is 514 g/mol. The van der Waals surface area contributed by atoms with Crippen molar-refractivity contribution in [3.05, 3.63) is 45.9 Å². The fraction of sp³-hybridized carbons (Fsp3) is 0.412. The molecule has 1 N–H and O–H groups in total. The van der Waals surface area contributed by atoms with Crippen LogP contribution in [0.4, 0.5) is 13.2 Å². The number of alkyl halides is 3. The van der Waals surface area contributed by atoms with Crippen molar-refractivity contribution in [1.82, 2.24) is 15.2 Å². The zero-order chi connectivity index (χ0) is 19.2. The van der Waals surface area contributed by atoms with Gasteiger partial charge in [0.05, 0.1) is 13.7 Å². The zero-order valence-electron chi connectivity index (χ0n) is 15.2. The number of guanidine groups is 1. The highest BCUT2D eigenvalue weighted by atomic mass is 127. The molecule has 0 bridgehead atoms. The number of aliphatic imine (C=N–C) groups is 1. The first-order valence-electron chi connectivity index (χ1n) is 7.98. The molecule has 0 saturated heterocycles. The van der Waals surface area contributed by atoms with Crippen molar-refractivity contribution in [2.45, 2.75) is 26.2 Å². The van der Waals surface area contributed by atoms with Crippen molar-refractivity contribution in [1.29, 1.82) is 0 Å². The lowest BCUT2D eigenvalue weighted by Crippen LogP contribution is -2.38. The molecule has 10 heteroatoms. The first-order chi connectivity index (χ1) is 12.3. The number of rotatable bonds is 6. The van der Waals surface area contributed by atoms with Crippen molar-refractivity contribution in [2.75, 3.05) is 20.7 Å². The molecule has 0 saturated carbocycles. The average molecular weight is 514 g/mol. The van der Waals surface area contributed by atoms with E-state index in [2.05, 4.69) is 15.3 Å². The molecule has 0 radical (unpaired) electrons. The van der Waals surface area contributed by atoms with E-state index in [1.807, 2.05) is 43.1 Å². The van der Waals surface area contributed by atoms with Gasteiger partial charge in [-0.25, -0.2) is 9.98 Å². The number of nitrogens with zero attached hydrogens (tertiary/aromatic N) is 3. The van der Waals surface area contributed by atoms with Gasteiger partial charge < -0.3 is 15.0 Å². The number of thiazole rings is 1. The van der Waals surface area contributed by atoms with Crippen LogP contribution in [0.2, 0.25) is 0 Å². The fourth-order valence-corrected chi connectivity index (χ4v) is 3.01. The van der Waals surface area contributed by atoms with Crippen molar-refractivity contribution in [3.63, 3.8) is 0 Å². The van der Waals surface area contributed by atoms with E-state index >= 15 is 0 Å². The van der Waals surface area contributed by atoms with Crippen molar-refractivity contribution in [2.24, 2.45) is 4.99 Å². The summed E-state index contributed by atoms with van der Waals surface area (Å²) in [5.74, 6) is 1.35. The van der Waals surface area contributed by atoms with Crippen LogP contribution < -0.4 is 10.1 Å². The zero-order valence-corrected chi connectivity index (χ0v) is 18.4. The molecule has 0 amide bonds. The largest absolute Gasteiger partial charge is 0.496 e. The molecule has 0 atom stereocenters. The molecule has 1 aromatic carbocycles. The number of methoxy groups -OCH3 is 1. The Morgan fingerprint density at radius 3 is 2.63 bits per heavy atom. The van der Waals surface area contributed by atoms with Crippen LogP contribution in [0, 0.1) is 0 Å². The minimum Gasteiger partial charge on any atom is -0.496 e. The molecule has 0 fully saturated rings. The highest BCUT2D eigenvalue weighted by Gasteiger charge is 2.33. The summed E-state index contributed by atoms with van der Waals surface area (Å²) in [5, 5.41) is 4.47. The number of para-hydroxylation sites is 1. The van der Waals surface area contributed by atoms with E-state index in [0.29, 0.717) is 24.1 Å². The molecule has 0 unspecified atom stereocenters. The van der Waals surface area contributed by atoms with Gasteiger partial charge in [-0.3, -0.25) is 0 Å². The third kappa shape index (κ3) is 6.83. The standard InChI is InChI=1S/C17H21F3N4OS.HI/c1-4-21-16(22-9-15-23-14(11-26-15)17(18,19)20)24(2)10-12-7-5-6-8-13(12)25-3;/h5-8,11H,4,9-10H2,1-3H3,(H,21,22);1H. The maximum atomic E-state index is 12.6. The van der Waals surface area contributed by atoms with E-state index in [4.69, 9.17) is 4.74 Å². The van der Waals surface area contributed by atoms with Crippen LogP contribution in [0.5, 0.6) is 5.75 Å². The van der Waals surface area contributed by atoms with Crippen molar-refractivity contribution >= 4 is 41.3 Å². The Bertz CT molecular complexity index is 752. The van der Waals surface area contributed by atoms with Gasteiger partial charge in [0, 0.05) is 31.1 Å². The molecule has 1 aromatic heterocycles. The summed E-state index contributed by atoms with van der Waals surface area (Å²) in [6.45, 7) is 3.19. The number of ether oxygens (including phenoxy) is 1. The minimum absolute atomic E-state index is 0. The maximum absolute atomic E-state index is 12.6. The Morgan fingerprint density at radius 2 is 2.04 bits per heavy atom. The van der Waals surface area contributed by atoms with Crippen LogP contribution in [0.25, 0.3) is 0 Å². The van der Waals surface area contributed by atoms with Crippen LogP contribution in [0.15, 0.2) is 34.6 Å². The van der Waals surface area contributed by atoms with Crippen LogP contribution in [0.1, 0.15) is 23.2 Å². The van der Waals surface area contributed by atoms with E-state index in [-0.39, 0.29) is 30.5 Å². The molecule has 0 aliphatic heterocycles. The summed E-state index contributed by atoms with van der Waals surface area (Å²) < 4.78 is 43.3. The topological polar surface area (TPSA) is 49.8 Å². The molecule has 2 rings (SSSR count). The van der Waals surface area contributed by atoms with Crippen LogP contribution in [-0.2, 0) is 19.3 Å². The van der Waals surface area contributed by atoms with Crippen molar-refractivity contribution in [3.8, 4) is 5.75 Å². The van der Waals surface area contributed by atoms with Gasteiger partial charge in [0.2, 0.25) is 0 Å². The lowest BCUT2D eigenvalue weighted by atomic mass is 10.2. The van der Waals surface area contributed by atoms with Crippen LogP contribution >= 0.6 is 35.3 Å². The Morgan fingerprint density at radius 1 is 1.33 bits per heavy atom. The average Bonchev–Trinajstić information content (AvgIpc) is 3.08. The van der Waals surface area contributed by atoms with Gasteiger partial charge in [-0.1, -0.05) is 18.2 Å². The first kappa shape index (κ1) is 23.5. The second-order valence-electron chi connectivity index (χ2n) is 5.46. The molecular weight excluding hydrogens is 492 g/mol. The summed E-state index contributed by atoms with van der Waals surface area (Å²) in [5.41, 5.74) is 0.108. The summed E-state index contributed by atoms with van der Waals surface area (Å²) in [7, 11) is 3.47. The Hall–Kier alpha value is -1.56. The van der Waals surface area contributed by atoms with E-state index in [1.54, 1.807) is 7.11 Å². The van der Waals surface area contributed by atoms with Gasteiger partial charge in [-0.2, -0.15) is 13.2 Å². The number of aromatic nitrogens is 1. The number of benzene rings is 1. The number of halogens is 4. The first-order valence-corrected chi connectivity index (χ1v) is 8.86. The SMILES string of the molecule is CCNC(=NCc1nc(C(F)(F)F)cs1)N(C)Cc1ccccc1OC.I. The fourth-order valence-electron chi connectivity index (χ4n) is 2.29. The quantitative estimate of drug-likeness (QED) is 0.353. The van der Waals surface area contributed by atoms with Crippen LogP contribution in [0.3, 0.4) is 0 Å². The molecule has 0 spiro atoms. The predicted octanol–water partition coefficient (Wildman–Crippen LogP) is 4.39. The van der Waals surface area contributed by atoms with Crippen LogP contribution in [-0.4, -0.2) is 36.5 Å². The summed E-state index contributed by atoms with van der Waals surface area (Å²) >= 11 is 0.954. The van der Waals surface area contributed by atoms with E-state index in [1.165, 1.54) is 0 Å². The van der Waals surface area contributed by atoms with Crippen molar-refractivity contribution < 1.29 is 17.9 Å². The lowest BCUT2D eigenvalue weighted by molar-refractivity contribution is -0.140. The Balaban J connectivity index is 0.00000364. The maximum Gasteiger partial charge on any atom is 0.434 e. The number of hydrogen-bond acceptors (Lipinski definition) is 4. The molecule has 0 aliphatic rings. The molecule has 5 nitrogen and oxygen atoms in total. The lowest BCUT2D eigenvalue weighted by Gasteiger charge is -2.23. The molecule has 27 heavy (non-hydrogen) atoms. The highest BCUT2D eigenvalue weighted by molar-refractivity contribution is 14.0. The molecule has 1 heterocycles. The summed E-state index contributed by atoms with van der Waals surface area (Å²) in [4.78, 5) is 9.89. The normalized spacial score (nSPS) is 11.7. The van der Waals surface area contributed by atoms with Gasteiger partial charge in [-0.15, -0.1) is 35.3 Å². The highest BCUT2D eigenvalue weighted by Crippen LogP contribution is 2.30. The Kier molecular flexibility index (Phi) is 9.30. The third-order valence-electron chi connectivity index (χ3n) is 3.50. The van der Waals surface area contributed by atoms with E-state index < -0.39 is 11.9 Å². The van der Waals surface area contributed by atoms with Gasteiger partial charge in [-0.05, 0) is 13.0 Å². The molecule has 2 aromatic rings. The summed E-state index contributed by atoms with van der Waals surface area (Å²) in [6, 6.07) is 7.64. The Labute approximate surface area is 177 Å². The second kappa shape index (κ2) is 10.7. The number of hydrogen-bond donors (Lipinski definition) is 1. The van der Waals surface area contributed by atoms with Gasteiger partial charge in [0.25, 0.3) is 0 Å². The van der Waals surface area contributed by atoms with Gasteiger partial charge in [0.15, 0.2) is 11.7 Å². The second-order valence-corrected chi connectivity index (χ2v) is 6.40. The molecule has 150 valence electrons. The smallest absolute Gasteiger partial charge is 0.434 e. The van der Waals surface area contributed by atoms with Gasteiger partial charge >= 0.3 is 6.18 Å². The van der Waals surface area contributed by atoms with Gasteiger partial charge in [0.1, 0.15) is 10.8 Å². The van der Waals surface area contributed by atoms with E-state index in [9.17, 15) is 13.2 Å². The molecular formula is C17H22F3IN4OS. The minimum atomic E-state index is -4.43. The number of nitrogens with one attached hydrogen (secondary N) is 1. The molecule has 0 aliphatic carbocycles. The van der Waals surface area contributed by atoms with E-state index in [0.717, 1.165) is 28.0 Å². The summed E-state index contributed by atoms with van der Waals surface area (Å²) in [6.07, 6.45) is -4.43.